The number of hydrogen-bond donors (Lipinski definition) is 0. The van der Waals surface area contributed by atoms with Gasteiger partial charge in [-0.3, -0.25) is 58.0 Å². The molecule has 0 aromatic rings. The zero-order valence-corrected chi connectivity index (χ0v) is 72.0. The highest BCUT2D eigenvalue weighted by molar-refractivity contribution is 6.05. The van der Waals surface area contributed by atoms with E-state index in [-0.39, 0.29) is 109 Å². The van der Waals surface area contributed by atoms with E-state index in [1.807, 2.05) is 0 Å². The van der Waals surface area contributed by atoms with E-state index in [1.54, 1.807) is 4.90 Å². The number of unbranched alkanes of at least 4 members (excludes halogenated alkanes) is 8. The molecule has 16 nitrogen and oxygen atoms in total. The van der Waals surface area contributed by atoms with Crippen molar-refractivity contribution in [3.05, 3.63) is 0 Å². The van der Waals surface area contributed by atoms with E-state index in [9.17, 15) is 38.4 Å². The first-order chi connectivity index (χ1) is 47.1. The van der Waals surface area contributed by atoms with Crippen LogP contribution in [0.3, 0.4) is 0 Å². The summed E-state index contributed by atoms with van der Waals surface area (Å²) in [6.07, 6.45) is 20.8. The number of hydrogen-bond acceptors (Lipinski definition) is 12. The molecule has 4 aliphatic heterocycles. The van der Waals surface area contributed by atoms with Crippen LogP contribution in [0.15, 0.2) is 0 Å². The van der Waals surface area contributed by atoms with E-state index in [4.69, 9.17) is 0 Å². The van der Waals surface area contributed by atoms with Gasteiger partial charge in [0.2, 0.25) is 47.3 Å². The quantitative estimate of drug-likeness (QED) is 0.0420. The summed E-state index contributed by atoms with van der Waals surface area (Å²) in [5.74, 6) is 1.28. The van der Waals surface area contributed by atoms with Crippen molar-refractivity contribution < 1.29 is 38.4 Å². The molecular formula is C86H164N8O8. The fourth-order valence-corrected chi connectivity index (χ4v) is 14.2. The first-order valence-corrected chi connectivity index (χ1v) is 41.3. The third-order valence-electron chi connectivity index (χ3n) is 24.2. The van der Waals surface area contributed by atoms with Crippen molar-refractivity contribution in [2.24, 2.45) is 73.4 Å². The third kappa shape index (κ3) is 34.1. The van der Waals surface area contributed by atoms with Gasteiger partial charge in [-0.25, -0.2) is 0 Å². The van der Waals surface area contributed by atoms with Crippen LogP contribution < -0.4 is 0 Å². The average Bonchev–Trinajstić information content (AvgIpc) is 1.65. The van der Waals surface area contributed by atoms with Crippen LogP contribution in [-0.4, -0.2) is 192 Å². The summed E-state index contributed by atoms with van der Waals surface area (Å²) in [5, 5.41) is 0. The fraction of sp³-hybridized carbons (Fsp3) is 0.907. The summed E-state index contributed by atoms with van der Waals surface area (Å²) in [7, 11) is 4.13. The van der Waals surface area contributed by atoms with E-state index in [0.717, 1.165) is 162 Å². The molecule has 596 valence electrons. The van der Waals surface area contributed by atoms with Gasteiger partial charge in [-0.05, 0) is 206 Å². The predicted molar refractivity (Wildman–Crippen MR) is 426 cm³/mol. The Morgan fingerprint density at radius 3 is 0.824 bits per heavy atom. The maximum Gasteiger partial charge on any atom is 0.232 e. The summed E-state index contributed by atoms with van der Waals surface area (Å²) in [6, 6.07) is 0. The Balaban J connectivity index is 0.000000681. The highest BCUT2D eigenvalue weighted by atomic mass is 16.2. The lowest BCUT2D eigenvalue weighted by atomic mass is 9.65. The molecule has 0 N–H and O–H groups in total. The number of carbonyl (C=O) groups excluding carboxylic acids is 8. The number of rotatable bonds is 43. The van der Waals surface area contributed by atoms with Crippen LogP contribution in [0.2, 0.25) is 0 Å². The zero-order chi connectivity index (χ0) is 78.4. The van der Waals surface area contributed by atoms with Gasteiger partial charge in [0.05, 0.1) is 0 Å². The molecule has 0 bridgehead atoms. The molecule has 16 heteroatoms. The Morgan fingerprint density at radius 2 is 0.588 bits per heavy atom. The molecule has 0 radical (unpaired) electrons. The van der Waals surface area contributed by atoms with Crippen molar-refractivity contribution in [1.29, 1.82) is 0 Å². The molecule has 102 heavy (non-hydrogen) atoms. The molecule has 4 rings (SSSR count). The first kappa shape index (κ1) is 96.4. The molecule has 4 atom stereocenters. The Kier molecular flexibility index (Phi) is 42.8. The first-order valence-electron chi connectivity index (χ1n) is 41.3. The molecule has 4 fully saturated rings. The minimum atomic E-state index is -0.128. The lowest BCUT2D eigenvalue weighted by Crippen LogP contribution is -2.35. The highest BCUT2D eigenvalue weighted by Gasteiger charge is 2.47. The summed E-state index contributed by atoms with van der Waals surface area (Å²) in [4.78, 5) is 116. The predicted octanol–water partition coefficient (Wildman–Crippen LogP) is 18.0. The third-order valence-corrected chi connectivity index (χ3v) is 24.2. The van der Waals surface area contributed by atoms with Crippen molar-refractivity contribution in [1.82, 2.24) is 39.2 Å². The SMILES string of the molecule is CCC(C)(C)CC1CC(=O)N(CCCCCN(CC(C)C)CC(C)C)C1=O.CCCN(CCC)CCCCCN1C(=O)CC(CC(C)(C)C(C)(C)C)C1=O.CCN(CC)CCCCCN1C(=O)CC(CC(C)(C)C(C)(C)C)C1=O.CN(C)CCCCCN1C(=O)CC(CC(C)(C)C(C)(C)C)C1=O. The minimum Gasteiger partial charge on any atom is -0.309 e. The maximum atomic E-state index is 12.8. The molecule has 0 aliphatic carbocycles. The summed E-state index contributed by atoms with van der Waals surface area (Å²) in [6.45, 7) is 71.2. The van der Waals surface area contributed by atoms with Gasteiger partial charge in [0.15, 0.2) is 0 Å². The summed E-state index contributed by atoms with van der Waals surface area (Å²) < 4.78 is 0. The molecule has 0 aromatic carbocycles. The van der Waals surface area contributed by atoms with Gasteiger partial charge < -0.3 is 19.6 Å². The van der Waals surface area contributed by atoms with Gasteiger partial charge >= 0.3 is 0 Å². The van der Waals surface area contributed by atoms with Crippen LogP contribution >= 0.6 is 0 Å². The fourth-order valence-electron chi connectivity index (χ4n) is 14.2. The number of imide groups is 4. The van der Waals surface area contributed by atoms with Gasteiger partial charge in [0.1, 0.15) is 0 Å². The molecule has 0 aromatic heterocycles. The van der Waals surface area contributed by atoms with Crippen LogP contribution in [0.1, 0.15) is 328 Å². The van der Waals surface area contributed by atoms with E-state index in [0.29, 0.717) is 63.7 Å². The van der Waals surface area contributed by atoms with E-state index in [2.05, 4.69) is 214 Å². The summed E-state index contributed by atoms with van der Waals surface area (Å²) in [5.41, 5.74) is 0.595. The van der Waals surface area contributed by atoms with E-state index in [1.165, 1.54) is 40.6 Å². The lowest BCUT2D eigenvalue weighted by Gasteiger charge is -2.40. The molecule has 4 heterocycles. The Labute approximate surface area is 628 Å². The second-order valence-corrected chi connectivity index (χ2v) is 38.3. The summed E-state index contributed by atoms with van der Waals surface area (Å²) >= 11 is 0. The molecule has 0 saturated carbocycles. The van der Waals surface area contributed by atoms with Gasteiger partial charge in [-0.1, -0.05) is 212 Å². The van der Waals surface area contributed by atoms with E-state index >= 15 is 0 Å². The number of carbonyl (C=O) groups is 8. The van der Waals surface area contributed by atoms with Gasteiger partial charge in [-0.15, -0.1) is 0 Å². The Hall–Kier alpha value is -3.60. The molecule has 4 saturated heterocycles. The molecule has 0 spiro atoms. The monoisotopic (exact) mass is 1440 g/mol. The zero-order valence-electron chi connectivity index (χ0n) is 72.0. The minimum absolute atomic E-state index is 0.0253. The van der Waals surface area contributed by atoms with Crippen molar-refractivity contribution in [2.45, 2.75) is 328 Å². The van der Waals surface area contributed by atoms with Crippen LogP contribution in [0, 0.1) is 73.4 Å². The van der Waals surface area contributed by atoms with Gasteiger partial charge in [0, 0.05) is 88.6 Å². The van der Waals surface area contributed by atoms with Crippen molar-refractivity contribution >= 4 is 47.3 Å². The van der Waals surface area contributed by atoms with Crippen molar-refractivity contribution in [2.75, 3.05) is 106 Å². The number of nitrogens with zero attached hydrogens (tertiary/aromatic N) is 8. The average molecular weight is 1440 g/mol. The van der Waals surface area contributed by atoms with Crippen molar-refractivity contribution in [3.8, 4) is 0 Å². The smallest absolute Gasteiger partial charge is 0.232 e. The second-order valence-electron chi connectivity index (χ2n) is 38.3. The highest BCUT2D eigenvalue weighted by Crippen LogP contribution is 2.47. The molecular weight excluding hydrogens is 1270 g/mol. The standard InChI is InChI=1S/2C23H44N2O2.C21H40N2O2.C19H36N2O2/c1-8-23(6,7)15-20-14-21(26)25(22(20)27)13-11-9-10-12-24(16-18(2)3)17-19(4)5;1-8-13-24(14-9-2)15-11-10-12-16-25-20(26)17-19(21(25)27)18-23(6,7)22(3,4)5;1-8-22(9-2)13-11-10-12-14-23-18(24)15-17(19(23)25)16-21(6,7)20(3,4)5;1-18(2,3)19(4,5)14-15-13-16(22)21(17(15)23)12-10-8-9-11-20(6)7/h18-20H,8-17H2,1-7H3;19H,8-18H2,1-7H3;17H,8-16H2,1-7H3;15H,8-14H2,1-7H3. The molecule has 4 unspecified atom stereocenters. The van der Waals surface area contributed by atoms with Gasteiger partial charge in [-0.2, -0.15) is 0 Å². The number of amides is 8. The maximum absolute atomic E-state index is 12.8. The topological polar surface area (TPSA) is 162 Å². The Bertz CT molecular complexity index is 2480. The second kappa shape index (κ2) is 45.3. The normalized spacial score (nSPS) is 19.2. The molecule has 4 aliphatic rings. The van der Waals surface area contributed by atoms with Crippen LogP contribution in [0.25, 0.3) is 0 Å². The van der Waals surface area contributed by atoms with Crippen LogP contribution in [-0.2, 0) is 38.4 Å². The van der Waals surface area contributed by atoms with Gasteiger partial charge in [0.25, 0.3) is 0 Å². The largest absolute Gasteiger partial charge is 0.309 e. The Morgan fingerprint density at radius 1 is 0.333 bits per heavy atom. The van der Waals surface area contributed by atoms with E-state index < -0.39 is 0 Å². The molecule has 8 amide bonds. The lowest BCUT2D eigenvalue weighted by molar-refractivity contribution is -0.141. The van der Waals surface area contributed by atoms with Crippen LogP contribution in [0.5, 0.6) is 0 Å². The van der Waals surface area contributed by atoms with Crippen LogP contribution in [0.4, 0.5) is 0 Å². The number of likely N-dealkylation sites (tertiary alicyclic amines) is 4. The van der Waals surface area contributed by atoms with Crippen molar-refractivity contribution in [3.63, 3.8) is 0 Å².